The fourth-order valence-corrected chi connectivity index (χ4v) is 4.19. The van der Waals surface area contributed by atoms with Crippen molar-refractivity contribution in [3.05, 3.63) is 104 Å². The Kier molecular flexibility index (Phi) is 6.18. The van der Waals surface area contributed by atoms with Crippen LogP contribution >= 0.6 is 11.8 Å². The molecular weight excluding hydrogens is 426 g/mol. The van der Waals surface area contributed by atoms with E-state index in [9.17, 15) is 14.4 Å². The molecule has 2 aromatic carbocycles. The zero-order valence-corrected chi connectivity index (χ0v) is 18.4. The summed E-state index contributed by atoms with van der Waals surface area (Å²) in [6, 6.07) is 16.5. The van der Waals surface area contributed by atoms with Crippen molar-refractivity contribution in [3.8, 4) is 5.69 Å². The fraction of sp³-hybridized carbons (Fsp3) is 0.174. The summed E-state index contributed by atoms with van der Waals surface area (Å²) in [5.74, 6) is 0.746. The summed E-state index contributed by atoms with van der Waals surface area (Å²) in [5, 5.41) is 9.19. The lowest BCUT2D eigenvalue weighted by atomic mass is 10.1. The Balaban J connectivity index is 1.71. The van der Waals surface area contributed by atoms with E-state index in [0.717, 1.165) is 16.8 Å². The molecule has 2 N–H and O–H groups in total. The number of nitrogens with zero attached hydrogens (tertiary/aromatic N) is 3. The number of aromatic amines is 2. The molecule has 9 heteroatoms. The van der Waals surface area contributed by atoms with Crippen molar-refractivity contribution >= 4 is 17.5 Å². The summed E-state index contributed by atoms with van der Waals surface area (Å²) >= 11 is 1.30. The third-order valence-electron chi connectivity index (χ3n) is 4.90. The second kappa shape index (κ2) is 9.19. The second-order valence-corrected chi connectivity index (χ2v) is 8.33. The van der Waals surface area contributed by atoms with Gasteiger partial charge in [0.25, 0.3) is 5.56 Å². The van der Waals surface area contributed by atoms with E-state index < -0.39 is 11.2 Å². The number of hydrogen-bond acceptors (Lipinski definition) is 6. The topological polar surface area (TPSA) is 114 Å². The largest absolute Gasteiger partial charge is 0.325 e. The molecule has 4 aromatic rings. The van der Waals surface area contributed by atoms with Gasteiger partial charge in [-0.25, -0.2) is 4.79 Å². The zero-order valence-electron chi connectivity index (χ0n) is 17.6. The van der Waals surface area contributed by atoms with Gasteiger partial charge in [-0.15, -0.1) is 10.2 Å². The van der Waals surface area contributed by atoms with Crippen LogP contribution in [-0.4, -0.2) is 36.3 Å². The predicted molar refractivity (Wildman–Crippen MR) is 123 cm³/mol. The van der Waals surface area contributed by atoms with Crippen LogP contribution in [0.15, 0.2) is 69.3 Å². The number of benzene rings is 2. The number of aromatic nitrogens is 5. The number of nitrogens with one attached hydrogen (secondary N) is 2. The Morgan fingerprint density at radius 3 is 2.53 bits per heavy atom. The third-order valence-corrected chi connectivity index (χ3v) is 5.83. The molecule has 2 heterocycles. The van der Waals surface area contributed by atoms with E-state index in [1.165, 1.54) is 17.8 Å². The number of Topliss-reactive ketones (excluding diaryl/α,β-unsaturated/α-hetero) is 1. The quantitative estimate of drug-likeness (QED) is 0.333. The normalized spacial score (nSPS) is 10.9. The molecule has 0 spiro atoms. The molecule has 0 aliphatic carbocycles. The average Bonchev–Trinajstić information content (AvgIpc) is 3.15. The van der Waals surface area contributed by atoms with Crippen LogP contribution < -0.4 is 11.2 Å². The van der Waals surface area contributed by atoms with Crippen LogP contribution in [0.4, 0.5) is 0 Å². The number of thioether (sulfide) groups is 1. The van der Waals surface area contributed by atoms with E-state index in [1.807, 2.05) is 54.8 Å². The summed E-state index contributed by atoms with van der Waals surface area (Å²) < 4.78 is 1.88. The van der Waals surface area contributed by atoms with Gasteiger partial charge in [0.15, 0.2) is 10.9 Å². The molecule has 0 saturated carbocycles. The van der Waals surface area contributed by atoms with Gasteiger partial charge in [-0.3, -0.25) is 19.1 Å². The van der Waals surface area contributed by atoms with Gasteiger partial charge in [-0.2, -0.15) is 0 Å². The minimum absolute atomic E-state index is 0.00779. The number of ketones is 1. The standard InChI is InChI=1S/C23H21N5O3S/c1-14-8-9-15(2)18(10-14)28-20(11-17-12-21(30)25-22(31)24-17)26-27-23(28)32-13-19(29)16-6-4-3-5-7-16/h3-10,12H,11,13H2,1-2H3,(H2,24,25,30,31). The van der Waals surface area contributed by atoms with Crippen LogP contribution in [0.1, 0.15) is 33.0 Å². The Labute approximate surface area is 187 Å². The van der Waals surface area contributed by atoms with Crippen molar-refractivity contribution in [1.82, 2.24) is 24.7 Å². The number of H-pyrrole nitrogens is 2. The van der Waals surface area contributed by atoms with Crippen LogP contribution in [-0.2, 0) is 6.42 Å². The SMILES string of the molecule is Cc1ccc(C)c(-n2c(Cc3cc(=O)[nH]c(=O)[nH]3)nnc2SCC(=O)c2ccccc2)c1. The molecule has 2 aromatic heterocycles. The van der Waals surface area contributed by atoms with Gasteiger partial charge >= 0.3 is 5.69 Å². The van der Waals surface area contributed by atoms with E-state index >= 15 is 0 Å². The molecule has 0 radical (unpaired) electrons. The molecule has 0 atom stereocenters. The van der Waals surface area contributed by atoms with Crippen molar-refractivity contribution in [3.63, 3.8) is 0 Å². The average molecular weight is 448 g/mol. The smallest absolute Gasteiger partial charge is 0.311 e. The number of hydrogen-bond donors (Lipinski definition) is 2. The first kappa shape index (κ1) is 21.5. The zero-order chi connectivity index (χ0) is 22.7. The second-order valence-electron chi connectivity index (χ2n) is 7.39. The van der Waals surface area contributed by atoms with Gasteiger partial charge in [0.2, 0.25) is 0 Å². The maximum absolute atomic E-state index is 12.6. The first-order valence-electron chi connectivity index (χ1n) is 9.96. The Morgan fingerprint density at radius 2 is 1.78 bits per heavy atom. The third kappa shape index (κ3) is 4.78. The Bertz CT molecular complexity index is 1360. The molecule has 0 bridgehead atoms. The fourth-order valence-electron chi connectivity index (χ4n) is 3.33. The molecule has 162 valence electrons. The molecule has 0 saturated heterocycles. The molecule has 0 aliphatic heterocycles. The number of carbonyl (C=O) groups excluding carboxylic acids is 1. The molecule has 8 nitrogen and oxygen atoms in total. The van der Waals surface area contributed by atoms with E-state index in [2.05, 4.69) is 20.2 Å². The van der Waals surface area contributed by atoms with Crippen molar-refractivity contribution in [2.24, 2.45) is 0 Å². The highest BCUT2D eigenvalue weighted by Crippen LogP contribution is 2.26. The molecule has 4 rings (SSSR count). The van der Waals surface area contributed by atoms with E-state index in [4.69, 9.17) is 0 Å². The lowest BCUT2D eigenvalue weighted by molar-refractivity contribution is 0.102. The van der Waals surface area contributed by atoms with Crippen molar-refractivity contribution in [1.29, 1.82) is 0 Å². The summed E-state index contributed by atoms with van der Waals surface area (Å²) in [5.41, 5.74) is 2.96. The van der Waals surface area contributed by atoms with E-state index in [-0.39, 0.29) is 18.0 Å². The van der Waals surface area contributed by atoms with Gasteiger partial charge < -0.3 is 4.98 Å². The van der Waals surface area contributed by atoms with Crippen molar-refractivity contribution < 1.29 is 4.79 Å². The number of carbonyl (C=O) groups is 1. The Morgan fingerprint density at radius 1 is 1.00 bits per heavy atom. The maximum atomic E-state index is 12.6. The van der Waals surface area contributed by atoms with Crippen molar-refractivity contribution in [2.75, 3.05) is 5.75 Å². The summed E-state index contributed by atoms with van der Waals surface area (Å²) in [6.45, 7) is 3.98. The molecule has 0 amide bonds. The molecule has 0 aliphatic rings. The monoisotopic (exact) mass is 447 g/mol. The van der Waals surface area contributed by atoms with Gasteiger partial charge in [-0.05, 0) is 31.0 Å². The first-order chi connectivity index (χ1) is 15.4. The minimum Gasteiger partial charge on any atom is -0.311 e. The number of rotatable bonds is 7. The van der Waals surface area contributed by atoms with Crippen LogP contribution in [0.25, 0.3) is 5.69 Å². The molecule has 32 heavy (non-hydrogen) atoms. The highest BCUT2D eigenvalue weighted by Gasteiger charge is 2.19. The van der Waals surface area contributed by atoms with E-state index in [0.29, 0.717) is 22.2 Å². The molecule has 0 unspecified atom stereocenters. The lowest BCUT2D eigenvalue weighted by Gasteiger charge is -2.13. The van der Waals surface area contributed by atoms with Crippen LogP contribution in [0.5, 0.6) is 0 Å². The van der Waals surface area contributed by atoms with Crippen molar-refractivity contribution in [2.45, 2.75) is 25.4 Å². The summed E-state index contributed by atoms with van der Waals surface area (Å²) in [6.07, 6.45) is 0.201. The first-order valence-corrected chi connectivity index (χ1v) is 10.9. The summed E-state index contributed by atoms with van der Waals surface area (Å²) in [4.78, 5) is 40.8. The number of aryl methyl sites for hydroxylation is 2. The van der Waals surface area contributed by atoms with Crippen LogP contribution in [0.2, 0.25) is 0 Å². The predicted octanol–water partition coefficient (Wildman–Crippen LogP) is 2.83. The highest BCUT2D eigenvalue weighted by atomic mass is 32.2. The summed E-state index contributed by atoms with van der Waals surface area (Å²) in [7, 11) is 0. The van der Waals surface area contributed by atoms with Gasteiger partial charge in [0, 0.05) is 23.7 Å². The van der Waals surface area contributed by atoms with Crippen LogP contribution in [0, 0.1) is 13.8 Å². The minimum atomic E-state index is -0.576. The molecular formula is C23H21N5O3S. The van der Waals surface area contributed by atoms with Gasteiger partial charge in [0.1, 0.15) is 5.82 Å². The highest BCUT2D eigenvalue weighted by molar-refractivity contribution is 7.99. The van der Waals surface area contributed by atoms with E-state index in [1.54, 1.807) is 12.1 Å². The maximum Gasteiger partial charge on any atom is 0.325 e. The van der Waals surface area contributed by atoms with Gasteiger partial charge in [0.05, 0.1) is 11.4 Å². The van der Waals surface area contributed by atoms with Crippen LogP contribution in [0.3, 0.4) is 0 Å². The van der Waals surface area contributed by atoms with Gasteiger partial charge in [-0.1, -0.05) is 54.2 Å². The lowest BCUT2D eigenvalue weighted by Crippen LogP contribution is -2.23. The molecule has 0 fully saturated rings. The Hall–Kier alpha value is -3.72.